The van der Waals surface area contributed by atoms with E-state index in [4.69, 9.17) is 4.65 Å². The zero-order chi connectivity index (χ0) is 27.9. The summed E-state index contributed by atoms with van der Waals surface area (Å²) in [5.74, 6) is 0. The normalized spacial score (nSPS) is 12.2. The molecule has 0 saturated carbocycles. The van der Waals surface area contributed by atoms with Crippen molar-refractivity contribution in [2.75, 3.05) is 0 Å². The Labute approximate surface area is 241 Å². The first-order chi connectivity index (χ1) is 19.2. The molecule has 0 spiro atoms. The van der Waals surface area contributed by atoms with Crippen molar-refractivity contribution < 1.29 is 9.76 Å². The molecule has 1 radical (unpaired) electrons. The van der Waals surface area contributed by atoms with Crippen molar-refractivity contribution in [1.82, 2.24) is 0 Å². The molecule has 4 heteroatoms. The number of fused-ring (bicyclic) bond motifs is 3. The first-order valence-electron chi connectivity index (χ1n) is 13.6. The van der Waals surface area contributed by atoms with Crippen molar-refractivity contribution >= 4 is 44.5 Å². The van der Waals surface area contributed by atoms with Crippen LogP contribution in [0.4, 0.5) is 0 Å². The molecular formula is C36H32BO2S. The highest BCUT2D eigenvalue weighted by atomic mass is 32.1. The molecule has 6 rings (SSSR count). The average molecular weight is 540 g/mol. The Morgan fingerprint density at radius 3 is 1.75 bits per heavy atom. The van der Waals surface area contributed by atoms with E-state index in [0.717, 1.165) is 5.46 Å². The second-order valence-corrected chi connectivity index (χ2v) is 12.4. The van der Waals surface area contributed by atoms with Gasteiger partial charge in [0.15, 0.2) is 0 Å². The fourth-order valence-electron chi connectivity index (χ4n) is 4.87. The Hall–Kier alpha value is -3.70. The molecule has 1 N–H and O–H groups in total. The molecule has 197 valence electrons. The topological polar surface area (TPSA) is 29.5 Å². The van der Waals surface area contributed by atoms with E-state index >= 15 is 0 Å². The van der Waals surface area contributed by atoms with Crippen molar-refractivity contribution in [1.29, 1.82) is 0 Å². The van der Waals surface area contributed by atoms with Gasteiger partial charge in [0.25, 0.3) is 0 Å². The SMILES string of the molecule is CC(C)(O)C(C)(C)O[B]c1cccc2sc3ccc(-c4cccc(-c5cccc(-c6ccccc6)c5)c4)cc3c12. The summed E-state index contributed by atoms with van der Waals surface area (Å²) >= 11 is 1.79. The van der Waals surface area contributed by atoms with E-state index in [9.17, 15) is 5.11 Å². The monoisotopic (exact) mass is 539 g/mol. The molecule has 0 saturated heterocycles. The van der Waals surface area contributed by atoms with E-state index in [2.05, 4.69) is 115 Å². The van der Waals surface area contributed by atoms with Crippen LogP contribution >= 0.6 is 11.3 Å². The summed E-state index contributed by atoms with van der Waals surface area (Å²) in [4.78, 5) is 0. The van der Waals surface area contributed by atoms with Crippen molar-refractivity contribution in [3.05, 3.63) is 115 Å². The van der Waals surface area contributed by atoms with Crippen molar-refractivity contribution in [2.45, 2.75) is 38.9 Å². The van der Waals surface area contributed by atoms with E-state index in [1.807, 2.05) is 13.8 Å². The summed E-state index contributed by atoms with van der Waals surface area (Å²) in [5, 5.41) is 13.0. The second kappa shape index (κ2) is 10.4. The zero-order valence-electron chi connectivity index (χ0n) is 23.3. The lowest BCUT2D eigenvalue weighted by atomic mass is 9.80. The number of hydrogen-bond donors (Lipinski definition) is 1. The van der Waals surface area contributed by atoms with Gasteiger partial charge in [0.2, 0.25) is 0 Å². The van der Waals surface area contributed by atoms with Gasteiger partial charge in [0.05, 0.1) is 11.2 Å². The van der Waals surface area contributed by atoms with Crippen LogP contribution in [0.15, 0.2) is 115 Å². The fraction of sp³-hybridized carbons (Fsp3) is 0.167. The molecule has 0 bridgehead atoms. The molecule has 1 aromatic heterocycles. The number of aliphatic hydroxyl groups is 1. The molecule has 1 heterocycles. The van der Waals surface area contributed by atoms with Gasteiger partial charge in [-0.15, -0.1) is 11.3 Å². The number of benzene rings is 5. The van der Waals surface area contributed by atoms with E-state index in [1.165, 1.54) is 53.6 Å². The molecule has 0 fully saturated rings. The van der Waals surface area contributed by atoms with E-state index in [1.54, 1.807) is 32.7 Å². The lowest BCUT2D eigenvalue weighted by molar-refractivity contribution is -0.0893. The Morgan fingerprint density at radius 2 is 1.12 bits per heavy atom. The van der Waals surface area contributed by atoms with E-state index < -0.39 is 11.2 Å². The molecule has 0 aliphatic rings. The van der Waals surface area contributed by atoms with Gasteiger partial charge in [-0.2, -0.15) is 0 Å². The van der Waals surface area contributed by atoms with Gasteiger partial charge in [-0.1, -0.05) is 84.9 Å². The van der Waals surface area contributed by atoms with E-state index in [0.29, 0.717) is 0 Å². The minimum Gasteiger partial charge on any atom is -0.427 e. The number of rotatable bonds is 7. The lowest BCUT2D eigenvalue weighted by Crippen LogP contribution is -2.49. The third kappa shape index (κ3) is 5.11. The molecular weight excluding hydrogens is 507 g/mol. The van der Waals surface area contributed by atoms with Gasteiger partial charge in [0.1, 0.15) is 0 Å². The maximum absolute atomic E-state index is 10.6. The Morgan fingerprint density at radius 1 is 0.575 bits per heavy atom. The first kappa shape index (κ1) is 26.5. The average Bonchev–Trinajstić information content (AvgIpc) is 3.35. The van der Waals surface area contributed by atoms with Gasteiger partial charge in [-0.05, 0) is 102 Å². The highest BCUT2D eigenvalue weighted by Crippen LogP contribution is 2.37. The lowest BCUT2D eigenvalue weighted by Gasteiger charge is -2.37. The standard InChI is InChI=1S/C36H32BO2S/c1-35(2,38)36(3,4)39-37-31-17-10-18-33-34(31)30-23-29(19-20-32(30)40-33)28-16-9-15-27(22-28)26-14-8-13-25(21-26)24-11-6-5-7-12-24/h5-23,38H,1-4H3. The minimum absolute atomic E-state index is 0.732. The molecule has 6 aromatic rings. The van der Waals surface area contributed by atoms with Crippen LogP contribution in [0, 0.1) is 0 Å². The minimum atomic E-state index is -0.979. The van der Waals surface area contributed by atoms with Crippen molar-refractivity contribution in [2.24, 2.45) is 0 Å². The molecule has 0 aliphatic heterocycles. The molecule has 0 amide bonds. The quantitative estimate of drug-likeness (QED) is 0.205. The summed E-state index contributed by atoms with van der Waals surface area (Å²) in [6, 6.07) is 41.1. The Balaban J connectivity index is 1.37. The third-order valence-electron chi connectivity index (χ3n) is 7.98. The van der Waals surface area contributed by atoms with Crippen LogP contribution in [0.2, 0.25) is 0 Å². The van der Waals surface area contributed by atoms with Crippen molar-refractivity contribution in [3.63, 3.8) is 0 Å². The van der Waals surface area contributed by atoms with Crippen LogP contribution in [0.25, 0.3) is 53.6 Å². The Kier molecular flexibility index (Phi) is 6.87. The largest absolute Gasteiger partial charge is 0.427 e. The second-order valence-electron chi connectivity index (χ2n) is 11.4. The van der Waals surface area contributed by atoms with Gasteiger partial charge in [0, 0.05) is 14.8 Å². The zero-order valence-corrected chi connectivity index (χ0v) is 24.1. The fourth-order valence-corrected chi connectivity index (χ4v) is 5.99. The first-order valence-corrected chi connectivity index (χ1v) is 14.5. The van der Waals surface area contributed by atoms with E-state index in [-0.39, 0.29) is 0 Å². The summed E-state index contributed by atoms with van der Waals surface area (Å²) in [6.45, 7) is 7.38. The van der Waals surface area contributed by atoms with Gasteiger partial charge < -0.3 is 9.76 Å². The molecule has 40 heavy (non-hydrogen) atoms. The molecule has 0 unspecified atom stereocenters. The molecule has 0 aliphatic carbocycles. The van der Waals surface area contributed by atoms with Crippen molar-refractivity contribution in [3.8, 4) is 33.4 Å². The highest BCUT2D eigenvalue weighted by Gasteiger charge is 2.36. The smallest absolute Gasteiger partial charge is 0.331 e. The maximum Gasteiger partial charge on any atom is 0.331 e. The van der Waals surface area contributed by atoms with Gasteiger partial charge in [-0.3, -0.25) is 0 Å². The van der Waals surface area contributed by atoms with Gasteiger partial charge >= 0.3 is 7.48 Å². The summed E-state index contributed by atoms with van der Waals surface area (Å²) in [7, 11) is 1.81. The van der Waals surface area contributed by atoms with Crippen LogP contribution < -0.4 is 5.46 Å². The number of thiophene rings is 1. The summed E-state index contributed by atoms with van der Waals surface area (Å²) < 4.78 is 8.62. The summed E-state index contributed by atoms with van der Waals surface area (Å²) in [5.41, 5.74) is 6.51. The third-order valence-corrected chi connectivity index (χ3v) is 9.12. The van der Waals surface area contributed by atoms with Crippen LogP contribution in [0.1, 0.15) is 27.7 Å². The number of hydrogen-bond acceptors (Lipinski definition) is 3. The van der Waals surface area contributed by atoms with Crippen LogP contribution in [0.5, 0.6) is 0 Å². The molecule has 2 nitrogen and oxygen atoms in total. The highest BCUT2D eigenvalue weighted by molar-refractivity contribution is 7.26. The van der Waals surface area contributed by atoms with Crippen LogP contribution in [-0.4, -0.2) is 23.8 Å². The van der Waals surface area contributed by atoms with Crippen LogP contribution in [0.3, 0.4) is 0 Å². The summed E-state index contributed by atoms with van der Waals surface area (Å²) in [6.07, 6.45) is 0. The maximum atomic E-state index is 10.6. The van der Waals surface area contributed by atoms with Gasteiger partial charge in [-0.25, -0.2) is 0 Å². The van der Waals surface area contributed by atoms with Crippen LogP contribution in [-0.2, 0) is 4.65 Å². The predicted octanol–water partition coefficient (Wildman–Crippen LogP) is 8.87. The molecule has 5 aromatic carbocycles. The Bertz CT molecular complexity index is 1810. The predicted molar refractivity (Wildman–Crippen MR) is 172 cm³/mol. The molecule has 0 atom stereocenters.